The number of hydrogen-bond donors (Lipinski definition) is 0. The summed E-state index contributed by atoms with van der Waals surface area (Å²) < 4.78 is 5.06. The summed E-state index contributed by atoms with van der Waals surface area (Å²) in [6.07, 6.45) is 0. The van der Waals surface area contributed by atoms with Gasteiger partial charge in [0.2, 0.25) is 0 Å². The molecule has 3 aliphatic rings. The molecule has 0 atom stereocenters. The Hall–Kier alpha value is -6.76. The third kappa shape index (κ3) is 8.61. The number of nitrogens with zero attached hydrogens (tertiary/aromatic N) is 4. The van der Waals surface area contributed by atoms with Gasteiger partial charge in [-0.15, -0.1) is 0 Å². The number of anilines is 6. The van der Waals surface area contributed by atoms with E-state index in [-0.39, 0.29) is 28.4 Å². The largest absolute Gasteiger partial charge is 0.311 e. The standard InChI is InChI=1S/C73H80BN4S/c1-43(2)53-24-21-25-54(44(3)4)67(53)78-61-36-46(26-33-59(61)75(18)69(78)55-23-20-19-22-45(55)5)47-37-62-66-63(38-47)77-60-35-30-50(72(12,13)14)41-64(60)79-65-42-51(73(15,16)17)40-57(68(65)77)74(66)56-39-49(71(9,10)11)29-34-58(56)76(62)52-31-27-48(28-32-52)70(6,7)8/h19-44H,1-18H3/q+1. The third-order valence-electron chi connectivity index (χ3n) is 17.5. The summed E-state index contributed by atoms with van der Waals surface area (Å²) in [5, 5.41) is 0. The van der Waals surface area contributed by atoms with Crippen molar-refractivity contribution in [3.63, 3.8) is 0 Å². The maximum Gasteiger partial charge on any atom is 0.295 e. The van der Waals surface area contributed by atoms with Crippen LogP contribution in [0.2, 0.25) is 0 Å². The highest BCUT2D eigenvalue weighted by molar-refractivity contribution is 7.99. The Labute approximate surface area is 477 Å². The number of fused-ring (bicyclic) bond motifs is 7. The van der Waals surface area contributed by atoms with Crippen LogP contribution in [0, 0.1) is 6.92 Å². The van der Waals surface area contributed by atoms with E-state index in [1.807, 2.05) is 11.8 Å². The second-order valence-corrected chi connectivity index (χ2v) is 29.0. The molecule has 3 aliphatic heterocycles. The Morgan fingerprint density at radius 3 is 1.63 bits per heavy atom. The molecular formula is C73H80BN4S+. The van der Waals surface area contributed by atoms with E-state index < -0.39 is 0 Å². The molecule has 0 spiro atoms. The van der Waals surface area contributed by atoms with E-state index in [1.54, 1.807) is 0 Å². The molecule has 0 unspecified atom stereocenters. The summed E-state index contributed by atoms with van der Waals surface area (Å²) in [6, 6.07) is 57.6. The van der Waals surface area contributed by atoms with E-state index in [4.69, 9.17) is 0 Å². The minimum absolute atomic E-state index is 0.00445. The lowest BCUT2D eigenvalue weighted by atomic mass is 9.33. The monoisotopic (exact) mass is 1060 g/mol. The number of aromatic nitrogens is 2. The highest BCUT2D eigenvalue weighted by atomic mass is 32.2. The van der Waals surface area contributed by atoms with E-state index in [2.05, 4.69) is 289 Å². The van der Waals surface area contributed by atoms with Crippen molar-refractivity contribution in [3.8, 4) is 28.2 Å². The number of imidazole rings is 1. The molecule has 0 radical (unpaired) electrons. The highest BCUT2D eigenvalue weighted by Crippen LogP contribution is 2.56. The summed E-state index contributed by atoms with van der Waals surface area (Å²) in [5.74, 6) is 1.82. The first-order valence-electron chi connectivity index (χ1n) is 29.0. The summed E-state index contributed by atoms with van der Waals surface area (Å²) >= 11 is 1.96. The molecule has 0 saturated heterocycles. The molecule has 9 aromatic rings. The third-order valence-corrected chi connectivity index (χ3v) is 18.6. The van der Waals surface area contributed by atoms with E-state index in [9.17, 15) is 0 Å². The summed E-state index contributed by atoms with van der Waals surface area (Å²) in [5.41, 5.74) is 28.1. The Morgan fingerprint density at radius 1 is 0.468 bits per heavy atom. The zero-order valence-corrected chi connectivity index (χ0v) is 51.1. The molecule has 0 N–H and O–H groups in total. The Kier molecular flexibility index (Phi) is 12.3. The first kappa shape index (κ1) is 52.9. The predicted molar refractivity (Wildman–Crippen MR) is 341 cm³/mol. The lowest BCUT2D eigenvalue weighted by Gasteiger charge is -2.47. The normalized spacial score (nSPS) is 14.1. The van der Waals surface area contributed by atoms with Crippen molar-refractivity contribution in [2.75, 3.05) is 9.80 Å². The summed E-state index contributed by atoms with van der Waals surface area (Å²) in [6.45, 7) is 39.8. The Bertz CT molecular complexity index is 3930. The average Bonchev–Trinajstić information content (AvgIpc) is 3.83. The first-order chi connectivity index (χ1) is 37.2. The molecule has 6 heteroatoms. The fourth-order valence-electron chi connectivity index (χ4n) is 12.9. The molecule has 1 aromatic heterocycles. The van der Waals surface area contributed by atoms with Crippen LogP contribution in [0.15, 0.2) is 155 Å². The van der Waals surface area contributed by atoms with Crippen molar-refractivity contribution >= 4 is 80.0 Å². The van der Waals surface area contributed by atoms with Gasteiger partial charge in [0.05, 0.1) is 24.0 Å². The van der Waals surface area contributed by atoms with Gasteiger partial charge in [-0.25, -0.2) is 4.57 Å². The molecule has 0 aliphatic carbocycles. The van der Waals surface area contributed by atoms with Crippen LogP contribution >= 0.6 is 11.8 Å². The van der Waals surface area contributed by atoms with Crippen LogP contribution in [-0.4, -0.2) is 11.3 Å². The molecule has 4 nitrogen and oxygen atoms in total. The summed E-state index contributed by atoms with van der Waals surface area (Å²) in [4.78, 5) is 7.92. The smallest absolute Gasteiger partial charge is 0.295 e. The van der Waals surface area contributed by atoms with E-state index in [0.717, 1.165) is 0 Å². The van der Waals surface area contributed by atoms with Crippen LogP contribution in [-0.2, 0) is 28.7 Å². The van der Waals surface area contributed by atoms with Crippen LogP contribution in [0.25, 0.3) is 39.2 Å². The second kappa shape index (κ2) is 18.4. The number of hydrogen-bond acceptors (Lipinski definition) is 3. The summed E-state index contributed by atoms with van der Waals surface area (Å²) in [7, 11) is 2.26. The predicted octanol–water partition coefficient (Wildman–Crippen LogP) is 18.1. The van der Waals surface area contributed by atoms with Crippen molar-refractivity contribution in [2.45, 2.75) is 161 Å². The minimum atomic E-state index is -0.0688. The highest BCUT2D eigenvalue weighted by Gasteiger charge is 2.47. The lowest BCUT2D eigenvalue weighted by Crippen LogP contribution is -2.62. The number of para-hydroxylation sites is 1. The van der Waals surface area contributed by atoms with Gasteiger partial charge < -0.3 is 9.80 Å². The van der Waals surface area contributed by atoms with E-state index in [1.165, 1.54) is 138 Å². The van der Waals surface area contributed by atoms with Crippen molar-refractivity contribution in [2.24, 2.45) is 7.05 Å². The number of rotatable bonds is 6. The quantitative estimate of drug-likeness (QED) is 0.122. The van der Waals surface area contributed by atoms with Gasteiger partial charge in [0.15, 0.2) is 11.0 Å². The number of benzene rings is 8. The van der Waals surface area contributed by atoms with Gasteiger partial charge in [-0.3, -0.25) is 0 Å². The second-order valence-electron chi connectivity index (χ2n) is 27.9. The SMILES string of the molecule is Cc1ccccc1-c1n(-c2c(C(C)C)cccc2C(C)C)c2cc(-c3cc4c5c(c3)N3c6ccc(C(C)(C)C)cc6Sc6cc(C(C)(C)C)cc(c63)B5c3cc(C(C)(C)C)ccc3N4c3ccc(C(C)(C)C)cc3)ccc2[n+]1C. The molecule has 400 valence electrons. The molecule has 0 amide bonds. The van der Waals surface area contributed by atoms with Crippen molar-refractivity contribution in [3.05, 3.63) is 185 Å². The van der Waals surface area contributed by atoms with Gasteiger partial charge in [0.25, 0.3) is 12.5 Å². The Morgan fingerprint density at radius 2 is 1.03 bits per heavy atom. The molecule has 0 saturated carbocycles. The van der Waals surface area contributed by atoms with Gasteiger partial charge >= 0.3 is 0 Å². The van der Waals surface area contributed by atoms with Gasteiger partial charge in [-0.2, -0.15) is 4.57 Å². The van der Waals surface area contributed by atoms with Gasteiger partial charge in [-0.05, 0) is 169 Å². The Balaban J connectivity index is 1.22. The fourth-order valence-corrected chi connectivity index (χ4v) is 14.1. The molecule has 4 heterocycles. The van der Waals surface area contributed by atoms with Crippen LogP contribution in [0.1, 0.15) is 162 Å². The minimum Gasteiger partial charge on any atom is -0.311 e. The topological polar surface area (TPSA) is 15.3 Å². The van der Waals surface area contributed by atoms with Crippen molar-refractivity contribution in [1.29, 1.82) is 0 Å². The first-order valence-corrected chi connectivity index (χ1v) is 29.8. The zero-order chi connectivity index (χ0) is 56.2. The van der Waals surface area contributed by atoms with Crippen molar-refractivity contribution < 1.29 is 4.57 Å². The molecule has 0 fully saturated rings. The van der Waals surface area contributed by atoms with Crippen LogP contribution in [0.3, 0.4) is 0 Å². The molecule has 12 rings (SSSR count). The average molecular weight is 1060 g/mol. The molecule has 79 heavy (non-hydrogen) atoms. The zero-order valence-electron chi connectivity index (χ0n) is 50.3. The van der Waals surface area contributed by atoms with E-state index in [0.29, 0.717) is 11.8 Å². The van der Waals surface area contributed by atoms with E-state index >= 15 is 0 Å². The lowest BCUT2D eigenvalue weighted by molar-refractivity contribution is -0.633. The molecule has 0 bridgehead atoms. The maximum atomic E-state index is 2.68. The van der Waals surface area contributed by atoms with Crippen LogP contribution < -0.4 is 30.8 Å². The molecule has 8 aromatic carbocycles. The van der Waals surface area contributed by atoms with Gasteiger partial charge in [0.1, 0.15) is 5.69 Å². The molecular weight excluding hydrogens is 976 g/mol. The van der Waals surface area contributed by atoms with Gasteiger partial charge in [-0.1, -0.05) is 195 Å². The van der Waals surface area contributed by atoms with Crippen LogP contribution in [0.5, 0.6) is 0 Å². The van der Waals surface area contributed by atoms with Gasteiger partial charge in [0, 0.05) is 43.7 Å². The number of aryl methyl sites for hydroxylation is 2. The van der Waals surface area contributed by atoms with Crippen LogP contribution in [0.4, 0.5) is 34.1 Å². The maximum absolute atomic E-state index is 2.68. The van der Waals surface area contributed by atoms with Crippen molar-refractivity contribution in [1.82, 2.24) is 4.57 Å². The fraction of sp³-hybridized carbons (Fsp3) is 0.329.